The number of benzene rings is 1. The third kappa shape index (κ3) is 5.00. The van der Waals surface area contributed by atoms with Crippen LogP contribution in [-0.2, 0) is 12.0 Å². The number of guanidine groups is 1. The van der Waals surface area contributed by atoms with E-state index >= 15 is 0 Å². The van der Waals surface area contributed by atoms with Gasteiger partial charge >= 0.3 is 0 Å². The predicted molar refractivity (Wildman–Crippen MR) is 105 cm³/mol. The first-order valence-corrected chi connectivity index (χ1v) is 9.74. The molecule has 0 unspecified atom stereocenters. The van der Waals surface area contributed by atoms with E-state index in [1.165, 1.54) is 17.7 Å². The van der Waals surface area contributed by atoms with Crippen molar-refractivity contribution in [1.82, 2.24) is 20.8 Å². The van der Waals surface area contributed by atoms with Crippen molar-refractivity contribution in [3.05, 3.63) is 42.0 Å². The van der Waals surface area contributed by atoms with Crippen LogP contribution in [0.3, 0.4) is 0 Å². The lowest BCUT2D eigenvalue weighted by atomic mass is 9.97. The Morgan fingerprint density at radius 1 is 1.23 bits per heavy atom. The summed E-state index contributed by atoms with van der Waals surface area (Å²) in [4.78, 5) is 10.0. The Kier molecular flexibility index (Phi) is 5.55. The van der Waals surface area contributed by atoms with Crippen LogP contribution in [0.25, 0.3) is 0 Å². The van der Waals surface area contributed by atoms with E-state index in [-0.39, 0.29) is 10.2 Å². The van der Waals surface area contributed by atoms with Gasteiger partial charge in [-0.25, -0.2) is 0 Å². The van der Waals surface area contributed by atoms with Gasteiger partial charge in [-0.15, -0.1) is 11.8 Å². The van der Waals surface area contributed by atoms with Crippen LogP contribution in [0.2, 0.25) is 0 Å². The van der Waals surface area contributed by atoms with Gasteiger partial charge in [-0.1, -0.05) is 44.1 Å². The number of rotatable bonds is 6. The van der Waals surface area contributed by atoms with Crippen molar-refractivity contribution in [2.45, 2.75) is 55.2 Å². The van der Waals surface area contributed by atoms with Crippen molar-refractivity contribution >= 4 is 17.7 Å². The van der Waals surface area contributed by atoms with Crippen LogP contribution in [0.4, 0.5) is 0 Å². The third-order valence-corrected chi connectivity index (χ3v) is 5.70. The van der Waals surface area contributed by atoms with E-state index in [2.05, 4.69) is 76.9 Å². The fourth-order valence-corrected chi connectivity index (χ4v) is 3.70. The molecule has 1 fully saturated rings. The maximum atomic E-state index is 5.32. The van der Waals surface area contributed by atoms with Gasteiger partial charge in [-0.3, -0.25) is 4.99 Å². The molecule has 0 amide bonds. The summed E-state index contributed by atoms with van der Waals surface area (Å²) in [6, 6.07) is 10.6. The zero-order chi connectivity index (χ0) is 18.6. The van der Waals surface area contributed by atoms with Crippen LogP contribution < -0.4 is 10.6 Å². The number of aliphatic imine (C=N–C) groups is 1. The quantitative estimate of drug-likeness (QED) is 0.597. The molecule has 0 atom stereocenters. The van der Waals surface area contributed by atoms with E-state index in [1.54, 1.807) is 7.05 Å². The fourth-order valence-electron chi connectivity index (χ4n) is 2.45. The van der Waals surface area contributed by atoms with Crippen LogP contribution in [0.1, 0.15) is 45.3 Å². The lowest BCUT2D eigenvalue weighted by molar-refractivity contribution is 0.318. The highest BCUT2D eigenvalue weighted by molar-refractivity contribution is 8.01. The zero-order valence-electron chi connectivity index (χ0n) is 15.9. The third-order valence-electron chi connectivity index (χ3n) is 4.21. The monoisotopic (exact) mass is 373 g/mol. The zero-order valence-corrected chi connectivity index (χ0v) is 16.7. The largest absolute Gasteiger partial charge is 0.355 e. The Morgan fingerprint density at radius 3 is 2.54 bits per heavy atom. The van der Waals surface area contributed by atoms with Crippen molar-refractivity contribution < 1.29 is 4.52 Å². The van der Waals surface area contributed by atoms with Crippen LogP contribution >= 0.6 is 11.8 Å². The number of aromatic nitrogens is 2. The van der Waals surface area contributed by atoms with Crippen LogP contribution in [0.15, 0.2) is 44.7 Å². The summed E-state index contributed by atoms with van der Waals surface area (Å²) in [6.45, 7) is 7.52. The van der Waals surface area contributed by atoms with E-state index in [9.17, 15) is 0 Å². The Hall–Kier alpha value is -2.02. The molecular formula is C19H27N5OS. The molecule has 140 valence electrons. The fraction of sp³-hybridized carbons (Fsp3) is 0.526. The number of hydrogen-bond acceptors (Lipinski definition) is 5. The summed E-state index contributed by atoms with van der Waals surface area (Å²) in [5.41, 5.74) is -0.141. The minimum atomic E-state index is -0.141. The van der Waals surface area contributed by atoms with Crippen molar-refractivity contribution in [3.63, 3.8) is 0 Å². The molecule has 0 saturated heterocycles. The summed E-state index contributed by atoms with van der Waals surface area (Å²) in [5.74, 6) is 2.04. The summed E-state index contributed by atoms with van der Waals surface area (Å²) in [5, 5.41) is 10.7. The SMILES string of the molecule is CN=C(NCc1noc(C(C)(C)C)n1)NCC1(Sc2ccccc2)CC1. The highest BCUT2D eigenvalue weighted by atomic mass is 32.2. The van der Waals surface area contributed by atoms with Crippen molar-refractivity contribution in [2.24, 2.45) is 4.99 Å². The molecule has 1 aliphatic carbocycles. The predicted octanol–water partition coefficient (Wildman–Crippen LogP) is 3.36. The number of nitrogens with zero attached hydrogens (tertiary/aromatic N) is 3. The molecule has 0 spiro atoms. The average molecular weight is 374 g/mol. The topological polar surface area (TPSA) is 75.3 Å². The lowest BCUT2D eigenvalue weighted by Gasteiger charge is -2.18. The molecule has 0 radical (unpaired) electrons. The highest BCUT2D eigenvalue weighted by Gasteiger charge is 2.43. The van der Waals surface area contributed by atoms with Crippen molar-refractivity contribution in [2.75, 3.05) is 13.6 Å². The summed E-state index contributed by atoms with van der Waals surface area (Å²) in [6.07, 6.45) is 2.44. The second-order valence-corrected chi connectivity index (χ2v) is 9.18. The van der Waals surface area contributed by atoms with E-state index in [0.717, 1.165) is 12.5 Å². The van der Waals surface area contributed by atoms with Gasteiger partial charge in [-0.2, -0.15) is 4.98 Å². The normalized spacial score (nSPS) is 16.4. The molecule has 26 heavy (non-hydrogen) atoms. The molecule has 3 rings (SSSR count). The maximum Gasteiger partial charge on any atom is 0.232 e. The van der Waals surface area contributed by atoms with E-state index in [0.29, 0.717) is 18.3 Å². The molecule has 6 nitrogen and oxygen atoms in total. The van der Waals surface area contributed by atoms with Gasteiger partial charge in [0.25, 0.3) is 0 Å². The molecule has 2 aromatic rings. The molecule has 0 aliphatic heterocycles. The number of hydrogen-bond donors (Lipinski definition) is 2. The minimum absolute atomic E-state index is 0.141. The Morgan fingerprint density at radius 2 is 1.96 bits per heavy atom. The van der Waals surface area contributed by atoms with Gasteiger partial charge in [0, 0.05) is 28.6 Å². The molecule has 1 aromatic heterocycles. The standard InChI is InChI=1S/C19H27N5OS/c1-18(2,3)16-23-15(24-25-16)12-21-17(20-4)22-13-19(10-11-19)26-14-8-6-5-7-9-14/h5-9H,10-13H2,1-4H3,(H2,20,21,22). The first kappa shape index (κ1) is 18.8. The summed E-state index contributed by atoms with van der Waals surface area (Å²) in [7, 11) is 1.77. The molecule has 0 bridgehead atoms. The van der Waals surface area contributed by atoms with Crippen molar-refractivity contribution in [3.8, 4) is 0 Å². The average Bonchev–Trinajstić information content (AvgIpc) is 3.18. The van der Waals surface area contributed by atoms with Gasteiger partial charge in [0.1, 0.15) is 0 Å². The second kappa shape index (κ2) is 7.70. The molecule has 2 N–H and O–H groups in total. The number of nitrogens with one attached hydrogen (secondary N) is 2. The summed E-state index contributed by atoms with van der Waals surface area (Å²) < 4.78 is 5.59. The van der Waals surface area contributed by atoms with Crippen LogP contribution in [0.5, 0.6) is 0 Å². The van der Waals surface area contributed by atoms with Gasteiger partial charge in [0.15, 0.2) is 11.8 Å². The Labute approximate surface area is 159 Å². The van der Waals surface area contributed by atoms with Crippen LogP contribution in [0, 0.1) is 0 Å². The second-order valence-electron chi connectivity index (χ2n) is 7.64. The molecular weight excluding hydrogens is 346 g/mol. The molecule has 1 saturated carbocycles. The molecule has 7 heteroatoms. The minimum Gasteiger partial charge on any atom is -0.355 e. The maximum absolute atomic E-state index is 5.32. The van der Waals surface area contributed by atoms with Gasteiger partial charge in [0.2, 0.25) is 5.89 Å². The molecule has 1 heterocycles. The van der Waals surface area contributed by atoms with Crippen molar-refractivity contribution in [1.29, 1.82) is 0 Å². The van der Waals surface area contributed by atoms with E-state index in [1.807, 2.05) is 11.8 Å². The molecule has 1 aromatic carbocycles. The summed E-state index contributed by atoms with van der Waals surface area (Å²) >= 11 is 1.95. The number of thioether (sulfide) groups is 1. The highest BCUT2D eigenvalue weighted by Crippen LogP contribution is 2.51. The van der Waals surface area contributed by atoms with Gasteiger partial charge < -0.3 is 15.2 Å². The first-order chi connectivity index (χ1) is 12.4. The van der Waals surface area contributed by atoms with Gasteiger partial charge in [0.05, 0.1) is 6.54 Å². The first-order valence-electron chi connectivity index (χ1n) is 8.92. The Balaban J connectivity index is 1.49. The van der Waals surface area contributed by atoms with Crippen LogP contribution in [-0.4, -0.2) is 34.4 Å². The van der Waals surface area contributed by atoms with E-state index < -0.39 is 0 Å². The smallest absolute Gasteiger partial charge is 0.232 e. The molecule has 1 aliphatic rings. The van der Waals surface area contributed by atoms with E-state index in [4.69, 9.17) is 4.52 Å². The lowest BCUT2D eigenvalue weighted by Crippen LogP contribution is -2.41. The van der Waals surface area contributed by atoms with Gasteiger partial charge in [-0.05, 0) is 25.0 Å². The Bertz CT molecular complexity index is 747.